The molecule has 0 aromatic heterocycles. The number of carboxylic acids is 1. The quantitative estimate of drug-likeness (QED) is 0.770. The molecule has 1 aliphatic rings. The molecule has 0 unspecified atom stereocenters. The minimum atomic E-state index is -1.54. The predicted molar refractivity (Wildman–Crippen MR) is 44.8 cm³/mol. The molecule has 0 bridgehead atoms. The van der Waals surface area contributed by atoms with Crippen LogP contribution in [0.25, 0.3) is 0 Å². The zero-order valence-electron chi connectivity index (χ0n) is 7.51. The monoisotopic (exact) mass is 216 g/mol. The van der Waals surface area contributed by atoms with Gasteiger partial charge in [0.2, 0.25) is 0 Å². The smallest absolute Gasteiger partial charge is 0.307 e. The van der Waals surface area contributed by atoms with E-state index in [2.05, 4.69) is 0 Å². The second-order valence-electron chi connectivity index (χ2n) is 3.55. The molecule has 0 amide bonds. The van der Waals surface area contributed by atoms with Crippen molar-refractivity contribution in [3.05, 3.63) is 35.1 Å². The van der Waals surface area contributed by atoms with Gasteiger partial charge in [0.1, 0.15) is 0 Å². The number of hydrogen-bond donors (Lipinski definition) is 1. The molecule has 1 saturated carbocycles. The van der Waals surface area contributed by atoms with Gasteiger partial charge in [0, 0.05) is 5.92 Å². The lowest BCUT2D eigenvalue weighted by Gasteiger charge is -2.02. The Morgan fingerprint density at radius 3 is 2.47 bits per heavy atom. The van der Waals surface area contributed by atoms with Gasteiger partial charge in [0.25, 0.3) is 0 Å². The summed E-state index contributed by atoms with van der Waals surface area (Å²) in [6, 6.07) is 1.91. The maximum absolute atomic E-state index is 13.2. The van der Waals surface area contributed by atoms with Gasteiger partial charge in [-0.25, -0.2) is 13.2 Å². The van der Waals surface area contributed by atoms with Crippen molar-refractivity contribution in [1.29, 1.82) is 0 Å². The van der Waals surface area contributed by atoms with Gasteiger partial charge in [-0.1, -0.05) is 6.07 Å². The molecule has 2 nitrogen and oxygen atoms in total. The number of rotatable bonds is 2. The summed E-state index contributed by atoms with van der Waals surface area (Å²) in [5.41, 5.74) is -0.0544. The number of halogens is 3. The molecule has 0 radical (unpaired) electrons. The molecule has 15 heavy (non-hydrogen) atoms. The van der Waals surface area contributed by atoms with Gasteiger partial charge in [0.05, 0.1) is 5.92 Å². The Labute approximate surface area is 83.3 Å². The highest BCUT2D eigenvalue weighted by Gasteiger charge is 2.46. The maximum Gasteiger partial charge on any atom is 0.307 e. The Morgan fingerprint density at radius 2 is 1.93 bits per heavy atom. The average molecular weight is 216 g/mol. The fourth-order valence-corrected chi connectivity index (χ4v) is 1.64. The molecule has 1 aliphatic carbocycles. The first kappa shape index (κ1) is 10.0. The zero-order valence-corrected chi connectivity index (χ0v) is 7.51. The largest absolute Gasteiger partial charge is 0.481 e. The molecular formula is C10H7F3O2. The normalized spacial score (nSPS) is 23.9. The molecular weight excluding hydrogens is 209 g/mol. The van der Waals surface area contributed by atoms with Crippen molar-refractivity contribution in [2.75, 3.05) is 0 Å². The van der Waals surface area contributed by atoms with Crippen molar-refractivity contribution in [3.8, 4) is 0 Å². The van der Waals surface area contributed by atoms with Gasteiger partial charge < -0.3 is 5.11 Å². The van der Waals surface area contributed by atoms with Crippen LogP contribution in [-0.2, 0) is 4.79 Å². The van der Waals surface area contributed by atoms with Gasteiger partial charge >= 0.3 is 5.97 Å². The number of benzene rings is 1. The van der Waals surface area contributed by atoms with E-state index in [4.69, 9.17) is 5.11 Å². The first-order valence-corrected chi connectivity index (χ1v) is 4.38. The van der Waals surface area contributed by atoms with E-state index in [1.807, 2.05) is 0 Å². The van der Waals surface area contributed by atoms with E-state index >= 15 is 0 Å². The molecule has 2 rings (SSSR count). The molecule has 1 aromatic carbocycles. The van der Waals surface area contributed by atoms with Crippen LogP contribution in [0.4, 0.5) is 13.2 Å². The third-order valence-electron chi connectivity index (χ3n) is 2.57. The summed E-state index contributed by atoms with van der Waals surface area (Å²) in [4.78, 5) is 10.5. The van der Waals surface area contributed by atoms with Crippen molar-refractivity contribution < 1.29 is 23.1 Å². The molecule has 2 atom stereocenters. The Balaban J connectivity index is 2.32. The zero-order chi connectivity index (χ0) is 11.2. The Morgan fingerprint density at radius 1 is 1.27 bits per heavy atom. The van der Waals surface area contributed by atoms with Gasteiger partial charge in [-0.3, -0.25) is 4.79 Å². The van der Waals surface area contributed by atoms with Crippen LogP contribution >= 0.6 is 0 Å². The van der Waals surface area contributed by atoms with Crippen molar-refractivity contribution in [2.45, 2.75) is 12.3 Å². The highest BCUT2D eigenvalue weighted by molar-refractivity contribution is 5.75. The summed E-state index contributed by atoms with van der Waals surface area (Å²) in [5, 5.41) is 8.61. The van der Waals surface area contributed by atoms with Crippen LogP contribution in [0.5, 0.6) is 0 Å². The first-order chi connectivity index (χ1) is 7.02. The number of aliphatic carboxylic acids is 1. The van der Waals surface area contributed by atoms with E-state index in [-0.39, 0.29) is 12.0 Å². The molecule has 1 fully saturated rings. The molecule has 5 heteroatoms. The molecule has 80 valence electrons. The predicted octanol–water partition coefficient (Wildman–Crippen LogP) is 2.29. The Kier molecular flexibility index (Phi) is 2.17. The van der Waals surface area contributed by atoms with Crippen molar-refractivity contribution in [1.82, 2.24) is 0 Å². The second-order valence-corrected chi connectivity index (χ2v) is 3.55. The van der Waals surface area contributed by atoms with Gasteiger partial charge in [0.15, 0.2) is 17.5 Å². The van der Waals surface area contributed by atoms with Crippen molar-refractivity contribution in [3.63, 3.8) is 0 Å². The standard InChI is InChI=1S/C10H7F3O2/c11-7-2-1-4(8(12)9(7)13)5-3-6(5)10(14)15/h1-2,5-6H,3H2,(H,14,15)/t5-,6-/m1/s1. The first-order valence-electron chi connectivity index (χ1n) is 4.38. The lowest BCUT2D eigenvalue weighted by Crippen LogP contribution is -2.02. The van der Waals surface area contributed by atoms with Gasteiger partial charge in [-0.05, 0) is 18.1 Å². The van der Waals surface area contributed by atoms with Gasteiger partial charge in [-0.2, -0.15) is 0 Å². The highest BCUT2D eigenvalue weighted by atomic mass is 19.2. The van der Waals surface area contributed by atoms with E-state index < -0.39 is 35.3 Å². The molecule has 0 spiro atoms. The van der Waals surface area contributed by atoms with Crippen LogP contribution in [0.1, 0.15) is 17.9 Å². The maximum atomic E-state index is 13.2. The fourth-order valence-electron chi connectivity index (χ4n) is 1.64. The summed E-state index contributed by atoms with van der Waals surface area (Å²) in [7, 11) is 0. The van der Waals surface area contributed by atoms with Gasteiger partial charge in [-0.15, -0.1) is 0 Å². The SMILES string of the molecule is O=C(O)[C@@H]1C[C@@H]1c1ccc(F)c(F)c1F. The summed E-state index contributed by atoms with van der Waals surface area (Å²) < 4.78 is 38.6. The van der Waals surface area contributed by atoms with Crippen molar-refractivity contribution >= 4 is 5.97 Å². The molecule has 1 aromatic rings. The number of carboxylic acid groups (broad SMARTS) is 1. The van der Waals surface area contributed by atoms with Crippen LogP contribution in [0.3, 0.4) is 0 Å². The lowest BCUT2D eigenvalue weighted by atomic mass is 10.1. The molecule has 0 heterocycles. The minimum Gasteiger partial charge on any atom is -0.481 e. The van der Waals surface area contributed by atoms with Crippen LogP contribution in [-0.4, -0.2) is 11.1 Å². The van der Waals surface area contributed by atoms with E-state index in [1.54, 1.807) is 0 Å². The molecule has 0 aliphatic heterocycles. The van der Waals surface area contributed by atoms with Crippen molar-refractivity contribution in [2.24, 2.45) is 5.92 Å². The summed E-state index contributed by atoms with van der Waals surface area (Å²) in [5.74, 6) is -6.32. The van der Waals surface area contributed by atoms with E-state index in [0.29, 0.717) is 0 Å². The van der Waals surface area contributed by atoms with E-state index in [9.17, 15) is 18.0 Å². The minimum absolute atomic E-state index is 0.0544. The second kappa shape index (κ2) is 3.25. The number of hydrogen-bond acceptors (Lipinski definition) is 1. The summed E-state index contributed by atoms with van der Waals surface area (Å²) >= 11 is 0. The summed E-state index contributed by atoms with van der Waals surface area (Å²) in [6.45, 7) is 0. The number of carbonyl (C=O) groups is 1. The molecule has 1 N–H and O–H groups in total. The van der Waals surface area contributed by atoms with Crippen LogP contribution < -0.4 is 0 Å². The van der Waals surface area contributed by atoms with Crippen LogP contribution in [0.15, 0.2) is 12.1 Å². The Hall–Kier alpha value is -1.52. The van der Waals surface area contributed by atoms with E-state index in [0.717, 1.165) is 12.1 Å². The summed E-state index contributed by atoms with van der Waals surface area (Å²) in [6.07, 6.45) is 0.275. The fraction of sp³-hybridized carbons (Fsp3) is 0.300. The average Bonchev–Trinajstić information content (AvgIpc) is 2.94. The lowest BCUT2D eigenvalue weighted by molar-refractivity contribution is -0.138. The molecule has 0 saturated heterocycles. The van der Waals surface area contributed by atoms with Crippen LogP contribution in [0.2, 0.25) is 0 Å². The topological polar surface area (TPSA) is 37.3 Å². The Bertz CT molecular complexity index is 431. The van der Waals surface area contributed by atoms with Crippen LogP contribution in [0, 0.1) is 23.4 Å². The van der Waals surface area contributed by atoms with E-state index in [1.165, 1.54) is 0 Å². The highest BCUT2D eigenvalue weighted by Crippen LogP contribution is 2.48. The third-order valence-corrected chi connectivity index (χ3v) is 2.57. The third kappa shape index (κ3) is 1.58.